The lowest BCUT2D eigenvalue weighted by Crippen LogP contribution is -2.30. The smallest absolute Gasteiger partial charge is 0.407 e. The van der Waals surface area contributed by atoms with Crippen LogP contribution in [0, 0.1) is 0 Å². The second-order valence-electron chi connectivity index (χ2n) is 5.65. The van der Waals surface area contributed by atoms with E-state index < -0.39 is 18.3 Å². The Balaban J connectivity index is 1.74. The van der Waals surface area contributed by atoms with Crippen molar-refractivity contribution < 1.29 is 24.9 Å². The lowest BCUT2D eigenvalue weighted by atomic mass is 9.97. The summed E-state index contributed by atoms with van der Waals surface area (Å²) in [4.78, 5) is 11.6. The highest BCUT2D eigenvalue weighted by Crippen LogP contribution is 2.22. The van der Waals surface area contributed by atoms with E-state index in [1.807, 2.05) is 30.3 Å². The molecule has 0 aliphatic rings. The van der Waals surface area contributed by atoms with E-state index in [0.29, 0.717) is 11.1 Å². The predicted octanol–water partition coefficient (Wildman–Crippen LogP) is 1.89. The third kappa shape index (κ3) is 5.86. The Morgan fingerprint density at radius 3 is 2.44 bits per heavy atom. The Bertz CT molecular complexity index is 662. The van der Waals surface area contributed by atoms with Crippen LogP contribution in [0.1, 0.15) is 29.2 Å². The summed E-state index contributed by atoms with van der Waals surface area (Å²) >= 11 is 0. The summed E-state index contributed by atoms with van der Waals surface area (Å²) in [6.45, 7) is 0.110. The Morgan fingerprint density at radius 2 is 1.72 bits per heavy atom. The van der Waals surface area contributed by atoms with E-state index in [-0.39, 0.29) is 26.2 Å². The number of benzene rings is 2. The van der Waals surface area contributed by atoms with Crippen molar-refractivity contribution in [2.24, 2.45) is 0 Å². The average molecular weight is 345 g/mol. The summed E-state index contributed by atoms with van der Waals surface area (Å²) in [5.74, 6) is 0. The minimum Gasteiger partial charge on any atom is -0.445 e. The molecular weight excluding hydrogens is 322 g/mol. The molecule has 0 radical (unpaired) electrons. The first-order valence-corrected chi connectivity index (χ1v) is 8.11. The maximum absolute atomic E-state index is 11.6. The van der Waals surface area contributed by atoms with Gasteiger partial charge in [-0.05, 0) is 23.1 Å². The number of hydrogen-bond acceptors (Lipinski definition) is 5. The maximum Gasteiger partial charge on any atom is 0.407 e. The van der Waals surface area contributed by atoms with Gasteiger partial charge in [-0.1, -0.05) is 54.6 Å². The van der Waals surface area contributed by atoms with Gasteiger partial charge in [0.15, 0.2) is 0 Å². The molecule has 0 aromatic heterocycles. The fourth-order valence-corrected chi connectivity index (χ4v) is 2.43. The van der Waals surface area contributed by atoms with Crippen LogP contribution >= 0.6 is 0 Å². The van der Waals surface area contributed by atoms with Crippen LogP contribution in [0.2, 0.25) is 0 Å². The van der Waals surface area contributed by atoms with Crippen LogP contribution in [-0.4, -0.2) is 34.1 Å². The molecule has 25 heavy (non-hydrogen) atoms. The molecule has 1 amide bonds. The highest BCUT2D eigenvalue weighted by molar-refractivity contribution is 5.67. The maximum atomic E-state index is 11.6. The zero-order valence-corrected chi connectivity index (χ0v) is 13.8. The van der Waals surface area contributed by atoms with Gasteiger partial charge in [0, 0.05) is 6.54 Å². The quantitative estimate of drug-likeness (QED) is 0.586. The molecule has 2 aromatic carbocycles. The topological polar surface area (TPSA) is 99.0 Å². The third-order valence-corrected chi connectivity index (χ3v) is 3.83. The number of alkyl carbamates (subject to hydrolysis) is 1. The molecular formula is C19H23NO5. The van der Waals surface area contributed by atoms with E-state index in [1.165, 1.54) is 0 Å². The van der Waals surface area contributed by atoms with Crippen molar-refractivity contribution in [1.29, 1.82) is 0 Å². The van der Waals surface area contributed by atoms with Crippen molar-refractivity contribution in [2.45, 2.75) is 31.8 Å². The number of aliphatic hydroxyl groups excluding tert-OH is 3. The number of nitrogens with one attached hydrogen (secondary N) is 1. The molecule has 0 heterocycles. The number of ether oxygens (including phenoxy) is 1. The average Bonchev–Trinajstić information content (AvgIpc) is 2.66. The summed E-state index contributed by atoms with van der Waals surface area (Å²) in [6.07, 6.45) is -2.63. The van der Waals surface area contributed by atoms with Gasteiger partial charge in [0.1, 0.15) is 12.7 Å². The van der Waals surface area contributed by atoms with Gasteiger partial charge in [0.05, 0.1) is 12.7 Å². The van der Waals surface area contributed by atoms with Crippen LogP contribution in [0.3, 0.4) is 0 Å². The Morgan fingerprint density at radius 1 is 1.04 bits per heavy atom. The Kier molecular flexibility index (Phi) is 7.40. The lowest BCUT2D eigenvalue weighted by Gasteiger charge is -2.20. The fraction of sp³-hybridized carbons (Fsp3) is 0.316. The summed E-state index contributed by atoms with van der Waals surface area (Å²) < 4.78 is 5.06. The Hall–Kier alpha value is -2.41. The molecule has 134 valence electrons. The van der Waals surface area contributed by atoms with Crippen LogP contribution in [-0.2, 0) is 18.0 Å². The molecule has 0 spiro atoms. The molecule has 0 aliphatic carbocycles. The molecule has 0 fully saturated rings. The summed E-state index contributed by atoms with van der Waals surface area (Å²) in [7, 11) is 0. The standard InChI is InChI=1S/C19H23NO5/c21-12-15-8-4-5-9-16(15)18(23)17(22)10-11-20-19(24)25-13-14-6-2-1-3-7-14/h1-9,17-18,21-23H,10-13H2,(H,20,24). The first kappa shape index (κ1) is 18.9. The molecule has 0 aliphatic heterocycles. The zero-order chi connectivity index (χ0) is 18.1. The molecule has 0 bridgehead atoms. The van der Waals surface area contributed by atoms with Crippen molar-refractivity contribution in [2.75, 3.05) is 6.54 Å². The highest BCUT2D eigenvalue weighted by Gasteiger charge is 2.20. The molecule has 4 N–H and O–H groups in total. The highest BCUT2D eigenvalue weighted by atomic mass is 16.5. The number of hydrogen-bond donors (Lipinski definition) is 4. The van der Waals surface area contributed by atoms with Crippen molar-refractivity contribution in [3.05, 3.63) is 71.3 Å². The van der Waals surface area contributed by atoms with E-state index >= 15 is 0 Å². The third-order valence-electron chi connectivity index (χ3n) is 3.83. The van der Waals surface area contributed by atoms with Gasteiger partial charge in [-0.3, -0.25) is 0 Å². The minimum atomic E-state index is -1.13. The SMILES string of the molecule is O=C(NCCC(O)C(O)c1ccccc1CO)OCc1ccccc1. The van der Waals surface area contributed by atoms with E-state index in [4.69, 9.17) is 4.74 Å². The lowest BCUT2D eigenvalue weighted by molar-refractivity contribution is 0.0125. The van der Waals surface area contributed by atoms with Crippen molar-refractivity contribution in [3.63, 3.8) is 0 Å². The number of aliphatic hydroxyl groups is 3. The van der Waals surface area contributed by atoms with E-state index in [1.54, 1.807) is 24.3 Å². The molecule has 0 saturated carbocycles. The first-order valence-electron chi connectivity index (χ1n) is 8.11. The van der Waals surface area contributed by atoms with Crippen LogP contribution in [0.5, 0.6) is 0 Å². The van der Waals surface area contributed by atoms with Gasteiger partial charge in [0.25, 0.3) is 0 Å². The summed E-state index contributed by atoms with van der Waals surface area (Å²) in [5.41, 5.74) is 1.92. The molecule has 0 saturated heterocycles. The molecule has 2 aromatic rings. The number of rotatable bonds is 8. The van der Waals surface area contributed by atoms with Crippen LogP contribution < -0.4 is 5.32 Å². The largest absolute Gasteiger partial charge is 0.445 e. The molecule has 6 nitrogen and oxygen atoms in total. The second kappa shape index (κ2) is 9.78. The molecule has 2 atom stereocenters. The first-order chi connectivity index (χ1) is 12.1. The van der Waals surface area contributed by atoms with Gasteiger partial charge in [-0.25, -0.2) is 4.79 Å². The summed E-state index contributed by atoms with van der Waals surface area (Å²) in [5, 5.41) is 32.1. The van der Waals surface area contributed by atoms with E-state index in [9.17, 15) is 20.1 Å². The van der Waals surface area contributed by atoms with Gasteiger partial charge in [-0.15, -0.1) is 0 Å². The van der Waals surface area contributed by atoms with Gasteiger partial charge in [-0.2, -0.15) is 0 Å². The predicted molar refractivity (Wildman–Crippen MR) is 92.6 cm³/mol. The molecule has 2 unspecified atom stereocenters. The Labute approximate surface area is 146 Å². The second-order valence-corrected chi connectivity index (χ2v) is 5.65. The van der Waals surface area contributed by atoms with Crippen LogP contribution in [0.25, 0.3) is 0 Å². The molecule has 6 heteroatoms. The number of carbonyl (C=O) groups excluding carboxylic acids is 1. The monoisotopic (exact) mass is 345 g/mol. The summed E-state index contributed by atoms with van der Waals surface area (Å²) in [6, 6.07) is 16.1. The van der Waals surface area contributed by atoms with Gasteiger partial charge in [0.2, 0.25) is 0 Å². The van der Waals surface area contributed by atoms with E-state index in [0.717, 1.165) is 5.56 Å². The van der Waals surface area contributed by atoms with Gasteiger partial charge < -0.3 is 25.4 Å². The van der Waals surface area contributed by atoms with Gasteiger partial charge >= 0.3 is 6.09 Å². The number of carbonyl (C=O) groups is 1. The van der Waals surface area contributed by atoms with Crippen LogP contribution in [0.4, 0.5) is 4.79 Å². The number of amides is 1. The van der Waals surface area contributed by atoms with E-state index in [2.05, 4.69) is 5.32 Å². The normalized spacial score (nSPS) is 13.1. The molecule has 2 rings (SSSR count). The minimum absolute atomic E-state index is 0.154. The fourth-order valence-electron chi connectivity index (χ4n) is 2.43. The van der Waals surface area contributed by atoms with Crippen LogP contribution in [0.15, 0.2) is 54.6 Å². The zero-order valence-electron chi connectivity index (χ0n) is 13.8. The van der Waals surface area contributed by atoms with Crippen molar-refractivity contribution in [1.82, 2.24) is 5.32 Å². The van der Waals surface area contributed by atoms with Crippen molar-refractivity contribution in [3.8, 4) is 0 Å². The van der Waals surface area contributed by atoms with Crippen molar-refractivity contribution >= 4 is 6.09 Å².